The van der Waals surface area contributed by atoms with E-state index in [2.05, 4.69) is 15.7 Å². The maximum Gasteiger partial charge on any atom is 0.277 e. The average Bonchev–Trinajstić information content (AvgIpc) is 3.09. The van der Waals surface area contributed by atoms with Crippen molar-refractivity contribution in [3.63, 3.8) is 0 Å². The fourth-order valence-electron chi connectivity index (χ4n) is 2.66. The highest BCUT2D eigenvalue weighted by molar-refractivity contribution is 6.01. The number of para-hydroxylation sites is 1. The van der Waals surface area contributed by atoms with Crippen LogP contribution in [0.1, 0.15) is 21.7 Å². The second-order valence-electron chi connectivity index (χ2n) is 5.61. The molecule has 0 atom stereocenters. The van der Waals surface area contributed by atoms with Crippen molar-refractivity contribution in [1.29, 1.82) is 0 Å². The molecule has 0 bridgehead atoms. The molecule has 0 aliphatic carbocycles. The molecule has 0 spiro atoms. The van der Waals surface area contributed by atoms with Gasteiger partial charge in [-0.25, -0.2) is 5.43 Å². The lowest BCUT2D eigenvalue weighted by Gasteiger charge is -2.09. The van der Waals surface area contributed by atoms with Crippen LogP contribution in [0.4, 0.5) is 0 Å². The van der Waals surface area contributed by atoms with Gasteiger partial charge in [0, 0.05) is 11.1 Å². The minimum absolute atomic E-state index is 0.343. The molecule has 7 nitrogen and oxygen atoms in total. The number of hydrogen-bond acceptors (Lipinski definition) is 6. The molecule has 0 aliphatic heterocycles. The number of benzene rings is 2. The molecule has 0 unspecified atom stereocenters. The minimum Gasteiger partial charge on any atom is -0.493 e. The highest BCUT2D eigenvalue weighted by atomic mass is 16.5. The van der Waals surface area contributed by atoms with E-state index in [0.29, 0.717) is 34.1 Å². The summed E-state index contributed by atoms with van der Waals surface area (Å²) in [5.74, 6) is 1.12. The van der Waals surface area contributed by atoms with Crippen LogP contribution in [-0.2, 0) is 0 Å². The second-order valence-corrected chi connectivity index (χ2v) is 5.61. The van der Waals surface area contributed by atoms with Crippen molar-refractivity contribution in [2.24, 2.45) is 5.10 Å². The summed E-state index contributed by atoms with van der Waals surface area (Å²) in [4.78, 5) is 12.6. The largest absolute Gasteiger partial charge is 0.493 e. The molecule has 0 radical (unpaired) electrons. The van der Waals surface area contributed by atoms with Gasteiger partial charge in [-0.1, -0.05) is 41.6 Å². The average molecular weight is 365 g/mol. The Labute approximate surface area is 156 Å². The van der Waals surface area contributed by atoms with E-state index in [-0.39, 0.29) is 0 Å². The topological polar surface area (TPSA) is 86.0 Å². The van der Waals surface area contributed by atoms with Crippen molar-refractivity contribution < 1.29 is 18.8 Å². The number of nitrogens with one attached hydrogen (secondary N) is 1. The number of hydrogen-bond donors (Lipinski definition) is 1. The van der Waals surface area contributed by atoms with Gasteiger partial charge in [0.2, 0.25) is 0 Å². The Kier molecular flexibility index (Phi) is 5.51. The van der Waals surface area contributed by atoms with E-state index in [1.165, 1.54) is 6.21 Å². The Morgan fingerprint density at radius 2 is 1.89 bits per heavy atom. The first-order valence-electron chi connectivity index (χ1n) is 8.21. The Morgan fingerprint density at radius 3 is 2.59 bits per heavy atom. The van der Waals surface area contributed by atoms with Crippen molar-refractivity contribution in [2.45, 2.75) is 6.92 Å². The summed E-state index contributed by atoms with van der Waals surface area (Å²) in [5, 5.41) is 8.03. The van der Waals surface area contributed by atoms with Gasteiger partial charge in [0.15, 0.2) is 11.5 Å². The summed E-state index contributed by atoms with van der Waals surface area (Å²) < 4.78 is 15.8. The summed E-state index contributed by atoms with van der Waals surface area (Å²) >= 11 is 0. The number of carbonyl (C=O) groups excluding carboxylic acids is 1. The van der Waals surface area contributed by atoms with Crippen LogP contribution < -0.4 is 14.9 Å². The summed E-state index contributed by atoms with van der Waals surface area (Å²) in [5.41, 5.74) is 4.78. The van der Waals surface area contributed by atoms with Crippen LogP contribution in [0.3, 0.4) is 0 Å². The van der Waals surface area contributed by atoms with Crippen LogP contribution in [0.25, 0.3) is 11.3 Å². The monoisotopic (exact) mass is 365 g/mol. The van der Waals surface area contributed by atoms with Crippen molar-refractivity contribution in [2.75, 3.05) is 14.2 Å². The third-order valence-corrected chi connectivity index (χ3v) is 3.94. The highest BCUT2D eigenvalue weighted by Crippen LogP contribution is 2.29. The van der Waals surface area contributed by atoms with Gasteiger partial charge in [0.25, 0.3) is 5.91 Å². The number of nitrogens with zero attached hydrogens (tertiary/aromatic N) is 2. The molecule has 138 valence electrons. The van der Waals surface area contributed by atoms with Gasteiger partial charge in [0.05, 0.1) is 20.4 Å². The molecule has 0 saturated carbocycles. The van der Waals surface area contributed by atoms with Crippen LogP contribution in [0, 0.1) is 6.92 Å². The van der Waals surface area contributed by atoms with Crippen LogP contribution in [0.15, 0.2) is 58.2 Å². The summed E-state index contributed by atoms with van der Waals surface area (Å²) in [6.07, 6.45) is 1.49. The Hall–Kier alpha value is -3.61. The lowest BCUT2D eigenvalue weighted by atomic mass is 10.1. The van der Waals surface area contributed by atoms with Crippen molar-refractivity contribution in [3.8, 4) is 22.8 Å². The molecule has 0 aliphatic rings. The van der Waals surface area contributed by atoms with Gasteiger partial charge in [-0.15, -0.1) is 0 Å². The minimum atomic E-state index is -0.411. The number of aryl methyl sites for hydroxylation is 1. The normalized spacial score (nSPS) is 10.8. The van der Waals surface area contributed by atoms with Gasteiger partial charge in [-0.2, -0.15) is 5.10 Å². The fraction of sp³-hybridized carbons (Fsp3) is 0.150. The third kappa shape index (κ3) is 3.82. The van der Waals surface area contributed by atoms with Gasteiger partial charge in [-0.05, 0) is 19.1 Å². The van der Waals surface area contributed by atoms with E-state index in [4.69, 9.17) is 14.0 Å². The standard InChI is InChI=1S/C20H19N3O4/c1-13-17(18(23-27-13)14-8-5-4-6-9-14)20(24)22-21-12-15-10-7-11-16(25-2)19(15)26-3/h4-12H,1-3H3,(H,22,24)/b21-12-. The van der Waals surface area contributed by atoms with Crippen molar-refractivity contribution in [1.82, 2.24) is 10.6 Å². The molecule has 27 heavy (non-hydrogen) atoms. The molecular weight excluding hydrogens is 346 g/mol. The Balaban J connectivity index is 1.82. The van der Waals surface area contributed by atoms with E-state index < -0.39 is 5.91 Å². The first kappa shape index (κ1) is 18.2. The van der Waals surface area contributed by atoms with Gasteiger partial charge >= 0.3 is 0 Å². The molecule has 3 rings (SSSR count). The molecule has 0 fully saturated rings. The number of hydrazone groups is 1. The quantitative estimate of drug-likeness (QED) is 0.534. The molecular formula is C20H19N3O4. The number of carbonyl (C=O) groups is 1. The van der Waals surface area contributed by atoms with E-state index in [9.17, 15) is 4.79 Å². The zero-order valence-electron chi connectivity index (χ0n) is 15.2. The number of amides is 1. The summed E-state index contributed by atoms with van der Waals surface area (Å²) in [7, 11) is 3.10. The van der Waals surface area contributed by atoms with Crippen LogP contribution in [0.2, 0.25) is 0 Å². The third-order valence-electron chi connectivity index (χ3n) is 3.94. The van der Waals surface area contributed by atoms with Crippen molar-refractivity contribution >= 4 is 12.1 Å². The SMILES string of the molecule is COc1cccc(/C=N\NC(=O)c2c(-c3ccccc3)noc2C)c1OC. The lowest BCUT2D eigenvalue weighted by Crippen LogP contribution is -2.19. The Morgan fingerprint density at radius 1 is 1.11 bits per heavy atom. The predicted molar refractivity (Wildman–Crippen MR) is 101 cm³/mol. The molecule has 1 N–H and O–H groups in total. The molecule has 1 heterocycles. The number of rotatable bonds is 6. The van der Waals surface area contributed by atoms with Crippen LogP contribution in [0.5, 0.6) is 11.5 Å². The molecule has 3 aromatic rings. The van der Waals surface area contributed by atoms with Crippen LogP contribution in [-0.4, -0.2) is 31.5 Å². The lowest BCUT2D eigenvalue weighted by molar-refractivity contribution is 0.0954. The first-order chi connectivity index (χ1) is 13.2. The highest BCUT2D eigenvalue weighted by Gasteiger charge is 2.21. The zero-order valence-corrected chi connectivity index (χ0v) is 15.2. The number of aromatic nitrogens is 1. The van der Waals surface area contributed by atoms with Crippen LogP contribution >= 0.6 is 0 Å². The second kappa shape index (κ2) is 8.18. The molecule has 1 aromatic heterocycles. The maximum atomic E-state index is 12.6. The first-order valence-corrected chi connectivity index (χ1v) is 8.21. The molecule has 2 aromatic carbocycles. The van der Waals surface area contributed by atoms with Crippen molar-refractivity contribution in [3.05, 3.63) is 65.4 Å². The predicted octanol–water partition coefficient (Wildman–Crippen LogP) is 3.43. The van der Waals surface area contributed by atoms with E-state index in [1.54, 1.807) is 33.3 Å². The fourth-order valence-corrected chi connectivity index (χ4v) is 2.66. The van der Waals surface area contributed by atoms with E-state index in [0.717, 1.165) is 5.56 Å². The van der Waals surface area contributed by atoms with E-state index >= 15 is 0 Å². The van der Waals surface area contributed by atoms with Gasteiger partial charge in [-0.3, -0.25) is 4.79 Å². The smallest absolute Gasteiger partial charge is 0.277 e. The summed E-state index contributed by atoms with van der Waals surface area (Å²) in [6.45, 7) is 1.68. The Bertz CT molecular complexity index is 965. The van der Waals surface area contributed by atoms with Gasteiger partial charge in [0.1, 0.15) is 17.0 Å². The maximum absolute atomic E-state index is 12.6. The number of ether oxygens (including phenoxy) is 2. The van der Waals surface area contributed by atoms with Gasteiger partial charge < -0.3 is 14.0 Å². The zero-order chi connectivity index (χ0) is 19.2. The number of methoxy groups -OCH3 is 2. The molecule has 0 saturated heterocycles. The van der Waals surface area contributed by atoms with E-state index in [1.807, 2.05) is 36.4 Å². The summed E-state index contributed by atoms with van der Waals surface area (Å²) in [6, 6.07) is 14.7. The molecule has 7 heteroatoms. The molecule has 1 amide bonds.